The molecular weight excluding hydrogens is 458 g/mol. The van der Waals surface area contributed by atoms with Crippen LogP contribution in [0.25, 0.3) is 0 Å². The molecule has 0 saturated carbocycles. The van der Waals surface area contributed by atoms with Crippen LogP contribution in [0, 0.1) is 19.8 Å². The van der Waals surface area contributed by atoms with Gasteiger partial charge in [0.2, 0.25) is 5.91 Å². The van der Waals surface area contributed by atoms with E-state index in [2.05, 4.69) is 15.5 Å². The van der Waals surface area contributed by atoms with Crippen molar-refractivity contribution in [3.8, 4) is 5.75 Å². The number of benzene rings is 2. The summed E-state index contributed by atoms with van der Waals surface area (Å²) in [4.78, 5) is 11.9. The lowest BCUT2D eigenvalue weighted by atomic mass is 10.1. The second kappa shape index (κ2) is 9.42. The molecule has 0 aliphatic carbocycles. The number of hydrogen-bond donors (Lipinski definition) is 1. The van der Waals surface area contributed by atoms with Crippen molar-refractivity contribution in [3.05, 3.63) is 58.1 Å². The van der Waals surface area contributed by atoms with Gasteiger partial charge in [0.05, 0.1) is 11.5 Å². The Morgan fingerprint density at radius 2 is 1.94 bits per heavy atom. The highest BCUT2D eigenvalue weighted by molar-refractivity contribution is 8.15. The van der Waals surface area contributed by atoms with E-state index >= 15 is 0 Å². The molecule has 0 bridgehead atoms. The Kier molecular flexibility index (Phi) is 7.08. The molecule has 0 aromatic heterocycles. The van der Waals surface area contributed by atoms with Crippen LogP contribution in [-0.2, 0) is 14.9 Å². The van der Waals surface area contributed by atoms with Gasteiger partial charge >= 0.3 is 10.1 Å². The molecule has 1 aliphatic rings. The van der Waals surface area contributed by atoms with E-state index in [1.54, 1.807) is 31.2 Å². The predicted molar refractivity (Wildman–Crippen MR) is 125 cm³/mol. The molecule has 1 amide bonds. The maximum Gasteiger partial charge on any atom is 0.339 e. The highest BCUT2D eigenvalue weighted by Gasteiger charge is 2.32. The SMILES string of the molecule is Cc1ccc(OS(=O)(=O)c2ccc(C)c(Cl)c2)c(/C=N\N=C2/NC(=O)[C@@H](C(C)C)S2)c1. The standard InChI is InChI=1S/C21H22ClN3O4S2/c1-12(2)19-20(26)24-21(30-19)25-23-11-15-9-13(3)5-8-18(15)29-31(27,28)16-7-6-14(4)17(22)10-16/h5-12,19H,1-4H3,(H,24,25,26)/b23-11-/t19-/m1/s1. The number of hydrogen-bond acceptors (Lipinski definition) is 7. The molecule has 3 rings (SSSR count). The second-order valence-electron chi connectivity index (χ2n) is 7.41. The van der Waals surface area contributed by atoms with Crippen LogP contribution in [-0.4, -0.2) is 31.0 Å². The van der Waals surface area contributed by atoms with Crippen molar-refractivity contribution in [1.82, 2.24) is 5.32 Å². The summed E-state index contributed by atoms with van der Waals surface area (Å²) in [5.41, 5.74) is 2.08. The minimum atomic E-state index is -4.10. The van der Waals surface area contributed by atoms with E-state index in [9.17, 15) is 13.2 Å². The van der Waals surface area contributed by atoms with E-state index in [1.807, 2.05) is 20.8 Å². The smallest absolute Gasteiger partial charge is 0.339 e. The number of thioether (sulfide) groups is 1. The Morgan fingerprint density at radius 1 is 1.19 bits per heavy atom. The van der Waals surface area contributed by atoms with E-state index < -0.39 is 10.1 Å². The fourth-order valence-electron chi connectivity index (χ4n) is 2.75. The summed E-state index contributed by atoms with van der Waals surface area (Å²) >= 11 is 7.37. The van der Waals surface area contributed by atoms with Crippen LogP contribution in [0.4, 0.5) is 0 Å². The van der Waals surface area contributed by atoms with Crippen molar-refractivity contribution < 1.29 is 17.4 Å². The average molecular weight is 480 g/mol. The van der Waals surface area contributed by atoms with E-state index in [4.69, 9.17) is 15.8 Å². The molecule has 1 N–H and O–H groups in total. The summed E-state index contributed by atoms with van der Waals surface area (Å²) < 4.78 is 30.8. The summed E-state index contributed by atoms with van der Waals surface area (Å²) in [6.07, 6.45) is 1.39. The Hall–Kier alpha value is -2.36. The zero-order chi connectivity index (χ0) is 22.8. The highest BCUT2D eigenvalue weighted by atomic mass is 35.5. The number of rotatable bonds is 6. The maximum atomic E-state index is 12.7. The van der Waals surface area contributed by atoms with Crippen LogP contribution in [0.15, 0.2) is 51.5 Å². The number of nitrogens with one attached hydrogen (secondary N) is 1. The van der Waals surface area contributed by atoms with Gasteiger partial charge in [-0.1, -0.05) is 54.9 Å². The Morgan fingerprint density at radius 3 is 2.58 bits per heavy atom. The lowest BCUT2D eigenvalue weighted by Gasteiger charge is -2.10. The van der Waals surface area contributed by atoms with E-state index in [0.717, 1.165) is 11.1 Å². The zero-order valence-corrected chi connectivity index (χ0v) is 19.8. The Balaban J connectivity index is 1.84. The average Bonchev–Trinajstić information content (AvgIpc) is 3.06. The van der Waals surface area contributed by atoms with E-state index in [-0.39, 0.29) is 27.7 Å². The van der Waals surface area contributed by atoms with Gasteiger partial charge in [0.25, 0.3) is 0 Å². The fraction of sp³-hybridized carbons (Fsp3) is 0.286. The molecule has 0 radical (unpaired) electrons. The topological polar surface area (TPSA) is 97.2 Å². The molecule has 10 heteroatoms. The van der Waals surface area contributed by atoms with Gasteiger partial charge in [-0.25, -0.2) is 0 Å². The second-order valence-corrected chi connectivity index (χ2v) is 10.5. The normalized spacial score (nSPS) is 18.2. The highest BCUT2D eigenvalue weighted by Crippen LogP contribution is 2.27. The number of carbonyl (C=O) groups is 1. The number of nitrogens with zero attached hydrogens (tertiary/aromatic N) is 2. The maximum absolute atomic E-state index is 12.7. The van der Waals surface area contributed by atoms with Crippen molar-refractivity contribution in [2.45, 2.75) is 37.8 Å². The van der Waals surface area contributed by atoms with Crippen LogP contribution in [0.5, 0.6) is 5.75 Å². The van der Waals surface area contributed by atoms with Crippen LogP contribution >= 0.6 is 23.4 Å². The third kappa shape index (κ3) is 5.66. The summed E-state index contributed by atoms with van der Waals surface area (Å²) in [7, 11) is -4.10. The molecule has 1 aliphatic heterocycles. The third-order valence-corrected chi connectivity index (χ3v) is 7.53. The third-order valence-electron chi connectivity index (χ3n) is 4.47. The van der Waals surface area contributed by atoms with Gasteiger partial charge in [0.15, 0.2) is 10.9 Å². The molecule has 1 atom stereocenters. The largest absolute Gasteiger partial charge is 0.378 e. The number of halogens is 1. The van der Waals surface area contributed by atoms with Gasteiger partial charge in [-0.2, -0.15) is 13.5 Å². The van der Waals surface area contributed by atoms with Crippen LogP contribution in [0.2, 0.25) is 5.02 Å². The molecule has 31 heavy (non-hydrogen) atoms. The van der Waals surface area contributed by atoms with Gasteiger partial charge in [-0.15, -0.1) is 5.10 Å². The Bertz CT molecular complexity index is 1180. The fourth-order valence-corrected chi connectivity index (χ4v) is 4.91. The molecule has 7 nitrogen and oxygen atoms in total. The number of amides is 1. The van der Waals surface area contributed by atoms with Crippen LogP contribution < -0.4 is 9.50 Å². The van der Waals surface area contributed by atoms with Crippen molar-refractivity contribution in [3.63, 3.8) is 0 Å². The quantitative estimate of drug-likeness (QED) is 0.378. The summed E-state index contributed by atoms with van der Waals surface area (Å²) in [5.74, 6) is 0.171. The first kappa shape index (κ1) is 23.3. The molecule has 1 saturated heterocycles. The van der Waals surface area contributed by atoms with E-state index in [1.165, 1.54) is 30.1 Å². The van der Waals surface area contributed by atoms with E-state index in [0.29, 0.717) is 15.8 Å². The predicted octanol–water partition coefficient (Wildman–Crippen LogP) is 4.30. The van der Waals surface area contributed by atoms with Crippen molar-refractivity contribution in [2.24, 2.45) is 16.1 Å². The van der Waals surface area contributed by atoms with Crippen LogP contribution in [0.3, 0.4) is 0 Å². The molecule has 0 unspecified atom stereocenters. The molecule has 1 heterocycles. The minimum absolute atomic E-state index is 0.0448. The molecular formula is C21H22ClN3O4S2. The summed E-state index contributed by atoms with van der Waals surface area (Å²) in [6.45, 7) is 7.56. The number of carbonyl (C=O) groups excluding carboxylic acids is 1. The van der Waals surface area contributed by atoms with Crippen LogP contribution in [0.1, 0.15) is 30.5 Å². The zero-order valence-electron chi connectivity index (χ0n) is 17.4. The first-order chi connectivity index (χ1) is 14.6. The van der Waals surface area contributed by atoms with Crippen molar-refractivity contribution in [2.75, 3.05) is 0 Å². The summed E-state index contributed by atoms with van der Waals surface area (Å²) in [5, 5.41) is 11.3. The molecule has 0 spiro atoms. The number of aryl methyl sites for hydroxylation is 2. The molecule has 2 aromatic carbocycles. The van der Waals surface area contributed by atoms with Crippen molar-refractivity contribution in [1.29, 1.82) is 0 Å². The first-order valence-corrected chi connectivity index (χ1v) is 12.1. The Labute approximate surface area is 191 Å². The molecule has 1 fully saturated rings. The lowest BCUT2D eigenvalue weighted by molar-refractivity contribution is -0.119. The van der Waals surface area contributed by atoms with Gasteiger partial charge in [0.1, 0.15) is 4.90 Å². The monoisotopic (exact) mass is 479 g/mol. The van der Waals surface area contributed by atoms with Gasteiger partial charge < -0.3 is 9.50 Å². The molecule has 164 valence electrons. The minimum Gasteiger partial charge on any atom is -0.378 e. The van der Waals surface area contributed by atoms with Gasteiger partial charge in [-0.05, 0) is 49.6 Å². The summed E-state index contributed by atoms with van der Waals surface area (Å²) in [6, 6.07) is 9.42. The van der Waals surface area contributed by atoms with Gasteiger partial charge in [0, 0.05) is 10.6 Å². The first-order valence-electron chi connectivity index (χ1n) is 9.46. The van der Waals surface area contributed by atoms with Gasteiger partial charge in [-0.3, -0.25) is 4.79 Å². The lowest BCUT2D eigenvalue weighted by Crippen LogP contribution is -2.27. The molecule has 2 aromatic rings. The van der Waals surface area contributed by atoms with Crippen molar-refractivity contribution >= 4 is 50.8 Å². The number of amidine groups is 1.